The van der Waals surface area contributed by atoms with Crippen molar-refractivity contribution in [3.63, 3.8) is 0 Å². The van der Waals surface area contributed by atoms with E-state index in [-0.39, 0.29) is 5.56 Å². The number of nitrogens with one attached hydrogen (secondary N) is 1. The van der Waals surface area contributed by atoms with Crippen LogP contribution >= 0.6 is 15.9 Å². The second kappa shape index (κ2) is 4.22. The predicted octanol–water partition coefficient (Wildman–Crippen LogP) is 2.82. The van der Waals surface area contributed by atoms with Crippen LogP contribution in [0.1, 0.15) is 11.3 Å². The highest BCUT2D eigenvalue weighted by Crippen LogP contribution is 2.22. The summed E-state index contributed by atoms with van der Waals surface area (Å²) in [5.74, 6) is 0.603. The minimum absolute atomic E-state index is 0.126. The molecule has 0 atom stereocenters. The molecule has 16 heavy (non-hydrogen) atoms. The molecule has 0 amide bonds. The third kappa shape index (κ3) is 2.22. The van der Waals surface area contributed by atoms with Gasteiger partial charge in [0.25, 0.3) is 5.56 Å². The third-order valence-corrected chi connectivity index (χ3v) is 3.17. The molecular formula is C12H11BrN2O. The molecule has 82 valence electrons. The Morgan fingerprint density at radius 1 is 1.25 bits per heavy atom. The number of aromatic nitrogens is 2. The van der Waals surface area contributed by atoms with Crippen molar-refractivity contribution < 1.29 is 0 Å². The fourth-order valence-corrected chi connectivity index (χ4v) is 1.83. The van der Waals surface area contributed by atoms with Crippen LogP contribution < -0.4 is 5.56 Å². The molecule has 0 saturated heterocycles. The van der Waals surface area contributed by atoms with Gasteiger partial charge >= 0.3 is 0 Å². The first-order chi connectivity index (χ1) is 7.56. The van der Waals surface area contributed by atoms with E-state index >= 15 is 0 Å². The molecule has 1 N–H and O–H groups in total. The fraction of sp³-hybridized carbons (Fsp3) is 0.167. The molecule has 0 spiro atoms. The number of hydrogen-bond acceptors (Lipinski definition) is 2. The number of nitrogens with zero attached hydrogens (tertiary/aromatic N) is 1. The molecule has 0 unspecified atom stereocenters. The zero-order chi connectivity index (χ0) is 11.7. The standard InChI is InChI=1S/C12H11BrN2O/c1-7-3-4-9(6-10(7)13)12-14-8(2)5-11(16)15-12/h3-6H,1-2H3,(H,14,15,16). The number of H-pyrrole nitrogens is 1. The van der Waals surface area contributed by atoms with Gasteiger partial charge in [0.15, 0.2) is 0 Å². The highest BCUT2D eigenvalue weighted by atomic mass is 79.9. The molecule has 0 saturated carbocycles. The molecule has 1 aromatic heterocycles. The molecule has 2 rings (SSSR count). The molecule has 3 nitrogen and oxygen atoms in total. The Morgan fingerprint density at radius 2 is 2.00 bits per heavy atom. The van der Waals surface area contributed by atoms with Crippen LogP contribution in [-0.2, 0) is 0 Å². The van der Waals surface area contributed by atoms with Gasteiger partial charge in [-0.05, 0) is 25.5 Å². The average molecular weight is 279 g/mol. The highest BCUT2D eigenvalue weighted by molar-refractivity contribution is 9.10. The zero-order valence-corrected chi connectivity index (χ0v) is 10.6. The monoisotopic (exact) mass is 278 g/mol. The quantitative estimate of drug-likeness (QED) is 0.872. The molecule has 1 heterocycles. The van der Waals surface area contributed by atoms with Crippen molar-refractivity contribution in [3.8, 4) is 11.4 Å². The maximum Gasteiger partial charge on any atom is 0.251 e. The smallest absolute Gasteiger partial charge is 0.251 e. The number of hydrogen-bond donors (Lipinski definition) is 1. The van der Waals surface area contributed by atoms with Gasteiger partial charge in [-0.3, -0.25) is 4.79 Å². The van der Waals surface area contributed by atoms with E-state index in [2.05, 4.69) is 25.9 Å². The molecule has 0 fully saturated rings. The molecular weight excluding hydrogens is 268 g/mol. The SMILES string of the molecule is Cc1cc(=O)[nH]c(-c2ccc(C)c(Br)c2)n1. The maximum atomic E-state index is 11.3. The lowest BCUT2D eigenvalue weighted by atomic mass is 10.1. The van der Waals surface area contributed by atoms with Crippen LogP contribution in [0.25, 0.3) is 11.4 Å². The van der Waals surface area contributed by atoms with Crippen LogP contribution in [0.5, 0.6) is 0 Å². The van der Waals surface area contributed by atoms with Crippen LogP contribution in [-0.4, -0.2) is 9.97 Å². The molecule has 4 heteroatoms. The van der Waals surface area contributed by atoms with Crippen LogP contribution in [0.2, 0.25) is 0 Å². The molecule has 0 aliphatic carbocycles. The zero-order valence-electron chi connectivity index (χ0n) is 9.04. The van der Waals surface area contributed by atoms with Gasteiger partial charge in [-0.15, -0.1) is 0 Å². The summed E-state index contributed by atoms with van der Waals surface area (Å²) < 4.78 is 1.01. The Morgan fingerprint density at radius 3 is 2.62 bits per heavy atom. The molecule has 0 aliphatic heterocycles. The number of aromatic amines is 1. The number of halogens is 1. The van der Waals surface area contributed by atoms with Gasteiger partial charge in [-0.1, -0.05) is 28.1 Å². The Labute approximate surface area is 102 Å². The summed E-state index contributed by atoms with van der Waals surface area (Å²) in [4.78, 5) is 18.4. The largest absolute Gasteiger partial charge is 0.307 e. The maximum absolute atomic E-state index is 11.3. The molecule has 1 aromatic carbocycles. The summed E-state index contributed by atoms with van der Waals surface area (Å²) in [5, 5.41) is 0. The van der Waals surface area contributed by atoms with Gasteiger partial charge in [-0.2, -0.15) is 0 Å². The lowest BCUT2D eigenvalue weighted by Gasteiger charge is -2.04. The van der Waals surface area contributed by atoms with Crippen molar-refractivity contribution in [2.75, 3.05) is 0 Å². The highest BCUT2D eigenvalue weighted by Gasteiger charge is 2.03. The van der Waals surface area contributed by atoms with Crippen molar-refractivity contribution in [2.45, 2.75) is 13.8 Å². The molecule has 0 aliphatic rings. The number of benzene rings is 1. The summed E-state index contributed by atoms with van der Waals surface area (Å²) in [6.45, 7) is 3.82. The van der Waals surface area contributed by atoms with Crippen LogP contribution in [0.3, 0.4) is 0 Å². The Kier molecular flexibility index (Phi) is 2.92. The summed E-state index contributed by atoms with van der Waals surface area (Å²) in [5.41, 5.74) is 2.65. The van der Waals surface area contributed by atoms with Crippen LogP contribution in [0.4, 0.5) is 0 Å². The van der Waals surface area contributed by atoms with E-state index in [1.165, 1.54) is 6.07 Å². The van der Waals surface area contributed by atoms with Gasteiger partial charge in [0.2, 0.25) is 0 Å². The molecule has 2 aromatic rings. The lowest BCUT2D eigenvalue weighted by Crippen LogP contribution is -2.08. The second-order valence-electron chi connectivity index (χ2n) is 3.70. The van der Waals surface area contributed by atoms with E-state index < -0.39 is 0 Å². The van der Waals surface area contributed by atoms with Crippen molar-refractivity contribution >= 4 is 15.9 Å². The summed E-state index contributed by atoms with van der Waals surface area (Å²) in [6.07, 6.45) is 0. The molecule has 0 radical (unpaired) electrons. The van der Waals surface area contributed by atoms with Crippen molar-refractivity contribution in [2.24, 2.45) is 0 Å². The van der Waals surface area contributed by atoms with Gasteiger partial charge in [0, 0.05) is 21.8 Å². The minimum atomic E-state index is -0.126. The van der Waals surface area contributed by atoms with Gasteiger partial charge in [0.05, 0.1) is 0 Å². The first-order valence-electron chi connectivity index (χ1n) is 4.91. The molecule has 0 bridgehead atoms. The van der Waals surface area contributed by atoms with Crippen molar-refractivity contribution in [1.29, 1.82) is 0 Å². The van der Waals surface area contributed by atoms with E-state index in [1.807, 2.05) is 32.0 Å². The number of rotatable bonds is 1. The van der Waals surface area contributed by atoms with Crippen LogP contribution in [0.15, 0.2) is 33.5 Å². The second-order valence-corrected chi connectivity index (χ2v) is 4.55. The predicted molar refractivity (Wildman–Crippen MR) is 67.5 cm³/mol. The Balaban J connectivity index is 2.58. The van der Waals surface area contributed by atoms with Gasteiger partial charge < -0.3 is 4.98 Å². The van der Waals surface area contributed by atoms with E-state index in [4.69, 9.17) is 0 Å². The first-order valence-corrected chi connectivity index (χ1v) is 5.70. The topological polar surface area (TPSA) is 45.8 Å². The Hall–Kier alpha value is -1.42. The normalized spacial score (nSPS) is 10.4. The summed E-state index contributed by atoms with van der Waals surface area (Å²) in [6, 6.07) is 7.36. The average Bonchev–Trinajstić information content (AvgIpc) is 2.20. The van der Waals surface area contributed by atoms with E-state index in [9.17, 15) is 4.79 Å². The summed E-state index contributed by atoms with van der Waals surface area (Å²) in [7, 11) is 0. The van der Waals surface area contributed by atoms with Gasteiger partial charge in [0.1, 0.15) is 5.82 Å². The summed E-state index contributed by atoms with van der Waals surface area (Å²) >= 11 is 3.46. The number of aryl methyl sites for hydroxylation is 2. The van der Waals surface area contributed by atoms with E-state index in [0.29, 0.717) is 5.82 Å². The fourth-order valence-electron chi connectivity index (χ4n) is 1.46. The van der Waals surface area contributed by atoms with Crippen LogP contribution in [0, 0.1) is 13.8 Å². The van der Waals surface area contributed by atoms with Gasteiger partial charge in [-0.25, -0.2) is 4.98 Å². The minimum Gasteiger partial charge on any atom is -0.307 e. The third-order valence-electron chi connectivity index (χ3n) is 2.32. The van der Waals surface area contributed by atoms with E-state index in [0.717, 1.165) is 21.3 Å². The Bertz CT molecular complexity index is 590. The lowest BCUT2D eigenvalue weighted by molar-refractivity contribution is 1.07. The van der Waals surface area contributed by atoms with Crippen molar-refractivity contribution in [1.82, 2.24) is 9.97 Å². The first kappa shape index (κ1) is 11.1. The van der Waals surface area contributed by atoms with E-state index in [1.54, 1.807) is 0 Å². The van der Waals surface area contributed by atoms with Crippen molar-refractivity contribution in [3.05, 3.63) is 50.3 Å².